The van der Waals surface area contributed by atoms with Crippen molar-refractivity contribution in [2.75, 3.05) is 18.0 Å². The molecular formula is C24H29N9O3. The predicted molar refractivity (Wildman–Crippen MR) is 136 cm³/mol. The third kappa shape index (κ3) is 7.45. The molecule has 36 heavy (non-hydrogen) atoms. The van der Waals surface area contributed by atoms with Gasteiger partial charge in [-0.05, 0) is 43.7 Å². The molecule has 0 spiro atoms. The van der Waals surface area contributed by atoms with Crippen molar-refractivity contribution in [1.82, 2.24) is 25.3 Å². The number of nitrogens with two attached hydrogens (primary N) is 3. The van der Waals surface area contributed by atoms with Gasteiger partial charge in [-0.25, -0.2) is 19.9 Å². The van der Waals surface area contributed by atoms with Gasteiger partial charge in [-0.2, -0.15) is 0 Å². The quantitative estimate of drug-likeness (QED) is 0.157. The number of nitrogens with zero attached hydrogens (tertiary/aromatic N) is 5. The number of benzene rings is 1. The highest BCUT2D eigenvalue weighted by Gasteiger charge is 2.15. The number of aliphatic carboxylic acids is 1. The van der Waals surface area contributed by atoms with E-state index in [1.807, 2.05) is 24.3 Å². The summed E-state index contributed by atoms with van der Waals surface area (Å²) in [6.07, 6.45) is 6.30. The van der Waals surface area contributed by atoms with E-state index in [-0.39, 0.29) is 29.7 Å². The zero-order valence-corrected chi connectivity index (χ0v) is 19.9. The molecule has 8 N–H and O–H groups in total. The Kier molecular flexibility index (Phi) is 8.81. The van der Waals surface area contributed by atoms with Gasteiger partial charge in [0.05, 0.1) is 5.69 Å². The Hall–Kier alpha value is -4.61. The molecule has 0 aliphatic rings. The third-order valence-corrected chi connectivity index (χ3v) is 5.29. The van der Waals surface area contributed by atoms with Crippen LogP contribution in [0.25, 0.3) is 11.4 Å². The van der Waals surface area contributed by atoms with Gasteiger partial charge in [-0.1, -0.05) is 24.3 Å². The van der Waals surface area contributed by atoms with Crippen LogP contribution in [0.5, 0.6) is 0 Å². The van der Waals surface area contributed by atoms with Gasteiger partial charge in [-0.3, -0.25) is 19.9 Å². The van der Waals surface area contributed by atoms with Crippen LogP contribution in [0.2, 0.25) is 0 Å². The van der Waals surface area contributed by atoms with Gasteiger partial charge >= 0.3 is 5.97 Å². The number of carbonyl (C=O) groups is 2. The number of nitrogen functional groups attached to an aromatic ring is 2. The number of carbonyl (C=O) groups excluding carboxylic acids is 1. The van der Waals surface area contributed by atoms with Gasteiger partial charge in [0.2, 0.25) is 0 Å². The highest BCUT2D eigenvalue weighted by Crippen LogP contribution is 2.17. The standard InChI is InChI=1S/C24H29N9O3/c1-14-20(25)32-21(26)19(31-14)23(36)33-24(27)28-11-3-2-4-15-5-8-17(9-6-15)22-29-12-16(13-30-22)7-10-18(34)35/h5-6,8-9,12-13H,2-4,7,10-11H2,1H3,(H,34,35)(H4,25,26,32)(H3,27,28,33,36). The number of aliphatic imine (C=N–C) groups is 1. The molecular weight excluding hydrogens is 462 g/mol. The maximum absolute atomic E-state index is 12.3. The van der Waals surface area contributed by atoms with E-state index in [2.05, 4.69) is 30.2 Å². The number of anilines is 2. The number of hydrogen-bond acceptors (Lipinski definition) is 9. The number of hydrogen-bond donors (Lipinski definition) is 5. The van der Waals surface area contributed by atoms with Crippen molar-refractivity contribution >= 4 is 29.5 Å². The SMILES string of the molecule is Cc1nc(C(=O)NC(N)=NCCCCc2ccc(-c3ncc(CCC(=O)O)cn3)cc2)c(N)nc1N. The van der Waals surface area contributed by atoms with E-state index >= 15 is 0 Å². The van der Waals surface area contributed by atoms with Gasteiger partial charge < -0.3 is 22.3 Å². The van der Waals surface area contributed by atoms with Crippen LogP contribution in [0.3, 0.4) is 0 Å². The van der Waals surface area contributed by atoms with Crippen molar-refractivity contribution in [3.05, 3.63) is 59.2 Å². The summed E-state index contributed by atoms with van der Waals surface area (Å²) >= 11 is 0. The minimum atomic E-state index is -0.845. The van der Waals surface area contributed by atoms with Crippen LogP contribution in [0.1, 0.15) is 46.6 Å². The van der Waals surface area contributed by atoms with Crippen LogP contribution in [-0.4, -0.2) is 49.4 Å². The molecule has 0 fully saturated rings. The fourth-order valence-corrected chi connectivity index (χ4v) is 3.27. The lowest BCUT2D eigenvalue weighted by atomic mass is 10.1. The van der Waals surface area contributed by atoms with E-state index in [1.165, 1.54) is 0 Å². The summed E-state index contributed by atoms with van der Waals surface area (Å²) in [6, 6.07) is 7.96. The number of guanidine groups is 1. The van der Waals surface area contributed by atoms with Gasteiger partial charge in [0.1, 0.15) is 5.82 Å². The fourth-order valence-electron chi connectivity index (χ4n) is 3.27. The van der Waals surface area contributed by atoms with E-state index in [9.17, 15) is 9.59 Å². The number of aromatic nitrogens is 4. The molecule has 12 heteroatoms. The van der Waals surface area contributed by atoms with Crippen LogP contribution >= 0.6 is 0 Å². The first-order valence-corrected chi connectivity index (χ1v) is 11.4. The Bertz CT molecular complexity index is 1240. The Morgan fingerprint density at radius 3 is 2.33 bits per heavy atom. The minimum absolute atomic E-state index is 0.0194. The Morgan fingerprint density at radius 2 is 1.67 bits per heavy atom. The summed E-state index contributed by atoms with van der Waals surface area (Å²) in [5.74, 6) is -0.778. The molecule has 3 aromatic rings. The fraction of sp³-hybridized carbons (Fsp3) is 0.292. The smallest absolute Gasteiger partial charge is 0.303 e. The summed E-state index contributed by atoms with van der Waals surface area (Å²) in [7, 11) is 0. The Morgan fingerprint density at radius 1 is 0.972 bits per heavy atom. The average molecular weight is 492 g/mol. The summed E-state index contributed by atoms with van der Waals surface area (Å²) in [5, 5.41) is 11.2. The molecule has 3 rings (SSSR count). The topological polar surface area (TPSA) is 208 Å². The molecule has 1 aromatic carbocycles. The summed E-state index contributed by atoms with van der Waals surface area (Å²) in [6.45, 7) is 2.08. The first-order valence-electron chi connectivity index (χ1n) is 11.4. The number of amides is 1. The van der Waals surface area contributed by atoms with Gasteiger partial charge in [-0.15, -0.1) is 0 Å². The highest BCUT2D eigenvalue weighted by atomic mass is 16.4. The molecule has 0 aliphatic heterocycles. The maximum Gasteiger partial charge on any atom is 0.303 e. The van der Waals surface area contributed by atoms with Crippen LogP contribution < -0.4 is 22.5 Å². The molecule has 0 bridgehead atoms. The normalized spacial score (nSPS) is 11.3. The van der Waals surface area contributed by atoms with Crippen LogP contribution in [0.15, 0.2) is 41.7 Å². The molecule has 0 radical (unpaired) electrons. The third-order valence-electron chi connectivity index (χ3n) is 5.29. The van der Waals surface area contributed by atoms with Gasteiger partial charge in [0.15, 0.2) is 23.3 Å². The summed E-state index contributed by atoms with van der Waals surface area (Å²) < 4.78 is 0. The Labute approximate surface area is 208 Å². The average Bonchev–Trinajstić information content (AvgIpc) is 2.85. The van der Waals surface area contributed by atoms with Crippen molar-refractivity contribution in [3.63, 3.8) is 0 Å². The number of unbranched alkanes of at least 4 members (excludes halogenated alkanes) is 1. The molecule has 2 aromatic heterocycles. The first kappa shape index (κ1) is 26.0. The van der Waals surface area contributed by atoms with E-state index < -0.39 is 11.9 Å². The van der Waals surface area contributed by atoms with Crippen LogP contribution in [-0.2, 0) is 17.6 Å². The largest absolute Gasteiger partial charge is 0.481 e. The molecule has 0 saturated heterocycles. The van der Waals surface area contributed by atoms with Crippen molar-refractivity contribution in [2.45, 2.75) is 39.0 Å². The van der Waals surface area contributed by atoms with E-state index in [1.54, 1.807) is 19.3 Å². The lowest BCUT2D eigenvalue weighted by Gasteiger charge is -2.08. The van der Waals surface area contributed by atoms with Crippen molar-refractivity contribution in [1.29, 1.82) is 0 Å². The molecule has 0 unspecified atom stereocenters. The van der Waals surface area contributed by atoms with Crippen LogP contribution in [0, 0.1) is 6.92 Å². The predicted octanol–water partition coefficient (Wildman–Crippen LogP) is 1.49. The molecule has 2 heterocycles. The number of carboxylic acid groups (broad SMARTS) is 1. The van der Waals surface area contributed by atoms with Gasteiger partial charge in [0.25, 0.3) is 5.91 Å². The molecule has 0 atom stereocenters. The second-order valence-electron chi connectivity index (χ2n) is 8.11. The second-order valence-corrected chi connectivity index (χ2v) is 8.11. The minimum Gasteiger partial charge on any atom is -0.481 e. The van der Waals surface area contributed by atoms with E-state index in [0.29, 0.717) is 24.5 Å². The number of rotatable bonds is 10. The number of aryl methyl sites for hydroxylation is 3. The molecule has 0 saturated carbocycles. The number of nitrogens with one attached hydrogen (secondary N) is 1. The lowest BCUT2D eigenvalue weighted by Crippen LogP contribution is -2.38. The van der Waals surface area contributed by atoms with Crippen LogP contribution in [0.4, 0.5) is 11.6 Å². The zero-order chi connectivity index (χ0) is 26.1. The molecule has 0 aliphatic carbocycles. The number of carboxylic acids is 1. The molecule has 12 nitrogen and oxygen atoms in total. The lowest BCUT2D eigenvalue weighted by molar-refractivity contribution is -0.136. The monoisotopic (exact) mass is 491 g/mol. The highest BCUT2D eigenvalue weighted by molar-refractivity contribution is 6.06. The summed E-state index contributed by atoms with van der Waals surface area (Å²) in [4.78, 5) is 43.7. The summed E-state index contributed by atoms with van der Waals surface area (Å²) in [5.41, 5.74) is 20.3. The second kappa shape index (κ2) is 12.2. The Balaban J connectivity index is 1.42. The van der Waals surface area contributed by atoms with E-state index in [0.717, 1.165) is 36.0 Å². The molecule has 1 amide bonds. The van der Waals surface area contributed by atoms with Crippen molar-refractivity contribution < 1.29 is 14.7 Å². The molecule has 188 valence electrons. The maximum atomic E-state index is 12.3. The van der Waals surface area contributed by atoms with Gasteiger partial charge in [0, 0.05) is 30.9 Å². The van der Waals surface area contributed by atoms with Crippen molar-refractivity contribution in [3.8, 4) is 11.4 Å². The first-order chi connectivity index (χ1) is 17.2. The van der Waals surface area contributed by atoms with E-state index in [4.69, 9.17) is 22.3 Å². The van der Waals surface area contributed by atoms with Crippen molar-refractivity contribution in [2.24, 2.45) is 10.7 Å². The zero-order valence-electron chi connectivity index (χ0n) is 19.9.